The quantitative estimate of drug-likeness (QED) is 0.319. The van der Waals surface area contributed by atoms with Gasteiger partial charge in [0.25, 0.3) is 0 Å². The van der Waals surface area contributed by atoms with E-state index in [1.165, 1.54) is 6.33 Å². The van der Waals surface area contributed by atoms with E-state index in [9.17, 15) is 0 Å². The van der Waals surface area contributed by atoms with Crippen molar-refractivity contribution in [2.45, 2.75) is 0 Å². The smallest absolute Gasteiger partial charge is 0.170 e. The molecule has 76 valence electrons. The second kappa shape index (κ2) is 3.79. The lowest BCUT2D eigenvalue weighted by molar-refractivity contribution is 0.318. The average molecular weight is 203 g/mol. The Labute approximate surface area is 85.7 Å². The highest BCUT2D eigenvalue weighted by molar-refractivity contribution is 5.97. The van der Waals surface area contributed by atoms with Gasteiger partial charge in [-0.15, -0.1) is 0 Å². The monoisotopic (exact) mass is 203 g/mol. The zero-order valence-corrected chi connectivity index (χ0v) is 7.78. The van der Waals surface area contributed by atoms with Crippen LogP contribution in [-0.2, 0) is 0 Å². The van der Waals surface area contributed by atoms with Crippen molar-refractivity contribution < 1.29 is 5.21 Å². The lowest BCUT2D eigenvalue weighted by atomic mass is 10.2. The van der Waals surface area contributed by atoms with Gasteiger partial charge in [-0.3, -0.25) is 0 Å². The summed E-state index contributed by atoms with van der Waals surface area (Å²) in [7, 11) is 0. The topological polar surface area (TPSA) is 89.3 Å². The molecule has 0 aliphatic heterocycles. The predicted octanol–water partition coefficient (Wildman–Crippen LogP) is 0.362. The maximum atomic E-state index is 8.48. The Morgan fingerprint density at radius 1 is 1.33 bits per heavy atom. The van der Waals surface area contributed by atoms with Gasteiger partial charge in [0.05, 0.1) is 5.69 Å². The van der Waals surface area contributed by atoms with E-state index >= 15 is 0 Å². The van der Waals surface area contributed by atoms with Crippen molar-refractivity contribution >= 4 is 5.84 Å². The van der Waals surface area contributed by atoms with Crippen LogP contribution < -0.4 is 5.73 Å². The van der Waals surface area contributed by atoms with Crippen LogP contribution in [-0.4, -0.2) is 25.8 Å². The number of amidine groups is 1. The van der Waals surface area contributed by atoms with Gasteiger partial charge in [0.1, 0.15) is 12.7 Å². The standard InChI is InChI=1S/C9H9N5O/c10-9(13-15)7-1-3-8(4-2-7)14-6-11-5-12-14/h1-6,15H,(H2,10,13). The van der Waals surface area contributed by atoms with Crippen molar-refractivity contribution in [3.8, 4) is 5.69 Å². The van der Waals surface area contributed by atoms with Crippen LogP contribution in [0.3, 0.4) is 0 Å². The van der Waals surface area contributed by atoms with Crippen molar-refractivity contribution in [1.82, 2.24) is 14.8 Å². The van der Waals surface area contributed by atoms with E-state index in [2.05, 4.69) is 15.2 Å². The van der Waals surface area contributed by atoms with Crippen LogP contribution in [0.1, 0.15) is 5.56 Å². The largest absolute Gasteiger partial charge is 0.409 e. The van der Waals surface area contributed by atoms with E-state index in [1.54, 1.807) is 23.1 Å². The summed E-state index contributed by atoms with van der Waals surface area (Å²) in [5.41, 5.74) is 6.95. The lowest BCUT2D eigenvalue weighted by Gasteiger charge is -2.01. The van der Waals surface area contributed by atoms with Gasteiger partial charge in [-0.25, -0.2) is 9.67 Å². The first-order valence-corrected chi connectivity index (χ1v) is 4.24. The molecule has 0 aliphatic rings. The van der Waals surface area contributed by atoms with Crippen molar-refractivity contribution in [3.63, 3.8) is 0 Å². The molecule has 0 bridgehead atoms. The second-order valence-electron chi connectivity index (χ2n) is 2.87. The normalized spacial score (nSPS) is 11.6. The van der Waals surface area contributed by atoms with Crippen molar-refractivity contribution in [1.29, 1.82) is 0 Å². The molecular weight excluding hydrogens is 194 g/mol. The van der Waals surface area contributed by atoms with Crippen LogP contribution in [0.4, 0.5) is 0 Å². The van der Waals surface area contributed by atoms with E-state index in [1.807, 2.05) is 12.1 Å². The third-order valence-corrected chi connectivity index (χ3v) is 1.95. The summed E-state index contributed by atoms with van der Waals surface area (Å²) in [6, 6.07) is 7.10. The third kappa shape index (κ3) is 1.78. The molecular formula is C9H9N5O. The fourth-order valence-corrected chi connectivity index (χ4v) is 1.18. The highest BCUT2D eigenvalue weighted by Gasteiger charge is 2.00. The Kier molecular flexibility index (Phi) is 2.32. The number of nitrogens with zero attached hydrogens (tertiary/aromatic N) is 4. The molecule has 1 heterocycles. The molecule has 6 nitrogen and oxygen atoms in total. The Hall–Kier alpha value is -2.37. The van der Waals surface area contributed by atoms with Crippen molar-refractivity contribution in [2.75, 3.05) is 0 Å². The molecule has 0 fully saturated rings. The zero-order chi connectivity index (χ0) is 10.7. The van der Waals surface area contributed by atoms with Gasteiger partial charge in [0, 0.05) is 5.56 Å². The Morgan fingerprint density at radius 2 is 2.07 bits per heavy atom. The minimum Gasteiger partial charge on any atom is -0.409 e. The van der Waals surface area contributed by atoms with Crippen molar-refractivity contribution in [2.24, 2.45) is 10.9 Å². The molecule has 2 rings (SSSR count). The number of hydrogen-bond donors (Lipinski definition) is 2. The molecule has 6 heteroatoms. The molecule has 0 saturated carbocycles. The van der Waals surface area contributed by atoms with Crippen LogP contribution >= 0.6 is 0 Å². The van der Waals surface area contributed by atoms with Crippen LogP contribution in [0.2, 0.25) is 0 Å². The Bertz CT molecular complexity index is 460. The molecule has 0 aliphatic carbocycles. The third-order valence-electron chi connectivity index (χ3n) is 1.95. The van der Waals surface area contributed by atoms with Crippen LogP contribution in [0.25, 0.3) is 5.69 Å². The fraction of sp³-hybridized carbons (Fsp3) is 0. The van der Waals surface area contributed by atoms with Gasteiger partial charge in [-0.2, -0.15) is 5.10 Å². The summed E-state index contributed by atoms with van der Waals surface area (Å²) in [6.45, 7) is 0. The molecule has 0 atom stereocenters. The highest BCUT2D eigenvalue weighted by atomic mass is 16.4. The summed E-state index contributed by atoms with van der Waals surface area (Å²) < 4.78 is 1.62. The lowest BCUT2D eigenvalue weighted by Crippen LogP contribution is -2.12. The number of rotatable bonds is 2. The molecule has 0 unspecified atom stereocenters. The van der Waals surface area contributed by atoms with Gasteiger partial charge >= 0.3 is 0 Å². The summed E-state index contributed by atoms with van der Waals surface area (Å²) in [5, 5.41) is 15.4. The molecule has 2 aromatic rings. The maximum Gasteiger partial charge on any atom is 0.170 e. The number of oxime groups is 1. The molecule has 1 aromatic carbocycles. The SMILES string of the molecule is N/C(=N\O)c1ccc(-n2cncn2)cc1. The highest BCUT2D eigenvalue weighted by Crippen LogP contribution is 2.07. The Morgan fingerprint density at radius 3 is 2.60 bits per heavy atom. The van der Waals surface area contributed by atoms with Crippen LogP contribution in [0.15, 0.2) is 42.1 Å². The summed E-state index contributed by atoms with van der Waals surface area (Å²) >= 11 is 0. The summed E-state index contributed by atoms with van der Waals surface area (Å²) in [6.07, 6.45) is 3.05. The van der Waals surface area contributed by atoms with E-state index in [4.69, 9.17) is 10.9 Å². The van der Waals surface area contributed by atoms with Gasteiger partial charge in [-0.05, 0) is 24.3 Å². The molecule has 1 aromatic heterocycles. The first kappa shape index (κ1) is 9.20. The number of aromatic nitrogens is 3. The zero-order valence-electron chi connectivity index (χ0n) is 7.78. The average Bonchev–Trinajstić information content (AvgIpc) is 2.82. The fourth-order valence-electron chi connectivity index (χ4n) is 1.18. The van der Waals surface area contributed by atoms with E-state index in [0.717, 1.165) is 5.69 Å². The molecule has 0 saturated heterocycles. The molecule has 15 heavy (non-hydrogen) atoms. The second-order valence-corrected chi connectivity index (χ2v) is 2.87. The van der Waals surface area contributed by atoms with E-state index < -0.39 is 0 Å². The minimum atomic E-state index is 0.0835. The van der Waals surface area contributed by atoms with Crippen molar-refractivity contribution in [3.05, 3.63) is 42.5 Å². The van der Waals surface area contributed by atoms with E-state index in [0.29, 0.717) is 5.56 Å². The van der Waals surface area contributed by atoms with Gasteiger partial charge < -0.3 is 10.9 Å². The first-order chi connectivity index (χ1) is 7.31. The molecule has 0 radical (unpaired) electrons. The number of benzene rings is 1. The maximum absolute atomic E-state index is 8.48. The predicted molar refractivity (Wildman–Crippen MR) is 53.9 cm³/mol. The van der Waals surface area contributed by atoms with Gasteiger partial charge in [-0.1, -0.05) is 5.16 Å². The summed E-state index contributed by atoms with van der Waals surface area (Å²) in [5.74, 6) is 0.0835. The Balaban J connectivity index is 2.33. The van der Waals surface area contributed by atoms with E-state index in [-0.39, 0.29) is 5.84 Å². The minimum absolute atomic E-state index is 0.0835. The number of nitrogens with two attached hydrogens (primary N) is 1. The summed E-state index contributed by atoms with van der Waals surface area (Å²) in [4.78, 5) is 3.84. The first-order valence-electron chi connectivity index (χ1n) is 4.24. The number of hydrogen-bond acceptors (Lipinski definition) is 4. The van der Waals surface area contributed by atoms with Crippen LogP contribution in [0, 0.1) is 0 Å². The van der Waals surface area contributed by atoms with Crippen LogP contribution in [0.5, 0.6) is 0 Å². The van der Waals surface area contributed by atoms with Gasteiger partial charge in [0.15, 0.2) is 5.84 Å². The molecule has 0 amide bonds. The molecule has 0 spiro atoms. The van der Waals surface area contributed by atoms with Gasteiger partial charge in [0.2, 0.25) is 0 Å². The molecule has 3 N–H and O–H groups in total.